The monoisotopic (exact) mass is 471 g/mol. The van der Waals surface area contributed by atoms with Crippen molar-refractivity contribution in [2.75, 3.05) is 0 Å². The summed E-state index contributed by atoms with van der Waals surface area (Å²) in [6, 6.07) is 12.4. The van der Waals surface area contributed by atoms with E-state index in [2.05, 4.69) is 53.7 Å². The highest BCUT2D eigenvalue weighted by molar-refractivity contribution is 5.79. The highest BCUT2D eigenvalue weighted by Gasteiger charge is 2.36. The molecule has 1 fully saturated rings. The van der Waals surface area contributed by atoms with Crippen LogP contribution in [-0.4, -0.2) is 34.7 Å². The molecular weight excluding hydrogens is 438 g/mol. The van der Waals surface area contributed by atoms with Crippen LogP contribution in [0.4, 0.5) is 0 Å². The fourth-order valence-corrected chi connectivity index (χ4v) is 5.20. The van der Waals surface area contributed by atoms with Gasteiger partial charge in [-0.3, -0.25) is 14.1 Å². The number of aromatic amines is 1. The molecule has 1 aliphatic rings. The molecule has 1 saturated carbocycles. The van der Waals surface area contributed by atoms with Gasteiger partial charge in [0.25, 0.3) is 0 Å². The third kappa shape index (κ3) is 4.57. The molecule has 8 heteroatoms. The third-order valence-corrected chi connectivity index (χ3v) is 7.36. The minimum absolute atomic E-state index is 0.0977. The van der Waals surface area contributed by atoms with Crippen LogP contribution in [-0.2, 0) is 13.0 Å². The maximum atomic E-state index is 13.5. The lowest BCUT2D eigenvalue weighted by Crippen LogP contribution is -2.38. The van der Waals surface area contributed by atoms with Crippen LogP contribution in [0.2, 0.25) is 0 Å². The Kier molecular flexibility index (Phi) is 6.61. The van der Waals surface area contributed by atoms with Crippen LogP contribution < -0.4 is 5.69 Å². The maximum Gasteiger partial charge on any atom is 0.328 e. The summed E-state index contributed by atoms with van der Waals surface area (Å²) in [7, 11) is 0. The number of aromatic nitrogens is 7. The zero-order valence-electron chi connectivity index (χ0n) is 20.7. The van der Waals surface area contributed by atoms with Crippen molar-refractivity contribution in [1.29, 1.82) is 0 Å². The molecule has 35 heavy (non-hydrogen) atoms. The zero-order chi connectivity index (χ0) is 24.4. The first-order valence-electron chi connectivity index (χ1n) is 12.7. The van der Waals surface area contributed by atoms with Crippen LogP contribution in [0.1, 0.15) is 63.9 Å². The van der Waals surface area contributed by atoms with Crippen molar-refractivity contribution in [3.05, 3.63) is 70.7 Å². The average molecular weight is 472 g/mol. The third-order valence-electron chi connectivity index (χ3n) is 7.36. The topological polar surface area (TPSA) is 94.3 Å². The molecular formula is C27H33N7O. The van der Waals surface area contributed by atoms with Crippen LogP contribution >= 0.6 is 0 Å². The van der Waals surface area contributed by atoms with Gasteiger partial charge in [0, 0.05) is 35.3 Å². The van der Waals surface area contributed by atoms with Gasteiger partial charge in [-0.2, -0.15) is 0 Å². The van der Waals surface area contributed by atoms with Crippen molar-refractivity contribution < 1.29 is 0 Å². The van der Waals surface area contributed by atoms with Gasteiger partial charge in [-0.25, -0.2) is 9.89 Å². The van der Waals surface area contributed by atoms with E-state index >= 15 is 0 Å². The van der Waals surface area contributed by atoms with E-state index in [1.54, 1.807) is 0 Å². The predicted octanol–water partition coefficient (Wildman–Crippen LogP) is 4.89. The molecule has 3 aromatic heterocycles. The van der Waals surface area contributed by atoms with Crippen LogP contribution in [0.25, 0.3) is 22.5 Å². The van der Waals surface area contributed by atoms with Gasteiger partial charge in [-0.05, 0) is 59.6 Å². The van der Waals surface area contributed by atoms with Crippen molar-refractivity contribution in [2.24, 2.45) is 11.8 Å². The number of hydrogen-bond acceptors (Lipinski definition) is 5. The molecule has 0 spiro atoms. The minimum Gasteiger partial charge on any atom is -0.296 e. The van der Waals surface area contributed by atoms with Gasteiger partial charge < -0.3 is 0 Å². The van der Waals surface area contributed by atoms with E-state index in [-0.39, 0.29) is 5.69 Å². The number of hydrogen-bond donors (Lipinski definition) is 1. The predicted molar refractivity (Wildman–Crippen MR) is 136 cm³/mol. The lowest BCUT2D eigenvalue weighted by Gasteiger charge is -2.39. The zero-order valence-corrected chi connectivity index (χ0v) is 20.7. The number of pyridine rings is 1. The smallest absolute Gasteiger partial charge is 0.296 e. The first kappa shape index (κ1) is 23.2. The summed E-state index contributed by atoms with van der Waals surface area (Å²) >= 11 is 0. The molecule has 0 saturated heterocycles. The number of nitrogens with zero attached hydrogens (tertiary/aromatic N) is 6. The van der Waals surface area contributed by atoms with Gasteiger partial charge in [0.1, 0.15) is 0 Å². The standard InChI is InChI=1S/C27H33N7O/c1-4-5-8-21-17-34(25-14-13-22(25)18(2)3)27(35)33(21)16-20-12-11-19(15-28-20)23-9-6-7-10-24(23)26-29-31-32-30-26/h6-7,9-12,15,17-18,22,25H,4-5,8,13-14,16H2,1-3H3,(H,29,30,31,32). The van der Waals surface area contributed by atoms with E-state index in [1.165, 1.54) is 6.42 Å². The van der Waals surface area contributed by atoms with E-state index in [0.29, 0.717) is 30.2 Å². The van der Waals surface area contributed by atoms with Gasteiger partial charge in [0.15, 0.2) is 5.82 Å². The lowest BCUT2D eigenvalue weighted by molar-refractivity contribution is 0.125. The summed E-state index contributed by atoms with van der Waals surface area (Å²) in [4.78, 5) is 18.2. The first-order valence-corrected chi connectivity index (χ1v) is 12.7. The summed E-state index contributed by atoms with van der Waals surface area (Å²) < 4.78 is 3.94. The Morgan fingerprint density at radius 3 is 2.57 bits per heavy atom. The lowest BCUT2D eigenvalue weighted by atomic mass is 9.72. The number of imidazole rings is 1. The van der Waals surface area contributed by atoms with Crippen LogP contribution in [0.3, 0.4) is 0 Å². The SMILES string of the molecule is CCCCc1cn(C2CCC2C(C)C)c(=O)n1Cc1ccc(-c2ccccc2-c2nnn[nH]2)cn1. The van der Waals surface area contributed by atoms with Crippen molar-refractivity contribution in [3.8, 4) is 22.5 Å². The van der Waals surface area contributed by atoms with Gasteiger partial charge in [0.05, 0.1) is 12.2 Å². The summed E-state index contributed by atoms with van der Waals surface area (Å²) in [6.07, 6.45) is 9.37. The highest BCUT2D eigenvalue weighted by Crippen LogP contribution is 2.42. The number of benzene rings is 1. The Balaban J connectivity index is 1.43. The quantitative estimate of drug-likeness (QED) is 0.375. The molecule has 2 unspecified atom stereocenters. The van der Waals surface area contributed by atoms with Crippen molar-refractivity contribution in [2.45, 2.75) is 65.5 Å². The van der Waals surface area contributed by atoms with Gasteiger partial charge in [-0.1, -0.05) is 57.5 Å². The number of H-pyrrole nitrogens is 1. The minimum atomic E-state index is 0.0977. The van der Waals surface area contributed by atoms with E-state index in [9.17, 15) is 4.79 Å². The van der Waals surface area contributed by atoms with Crippen molar-refractivity contribution >= 4 is 0 Å². The van der Waals surface area contributed by atoms with Crippen LogP contribution in [0.15, 0.2) is 53.6 Å². The highest BCUT2D eigenvalue weighted by atomic mass is 16.1. The summed E-state index contributed by atoms with van der Waals surface area (Å²) in [5, 5.41) is 14.3. The van der Waals surface area contributed by atoms with Crippen molar-refractivity contribution in [1.82, 2.24) is 34.7 Å². The second-order valence-electron chi connectivity index (χ2n) is 9.89. The molecule has 2 atom stereocenters. The molecule has 8 nitrogen and oxygen atoms in total. The maximum absolute atomic E-state index is 13.5. The number of aryl methyl sites for hydroxylation is 1. The molecule has 182 valence electrons. The fourth-order valence-electron chi connectivity index (χ4n) is 5.20. The first-order chi connectivity index (χ1) is 17.1. The van der Waals surface area contributed by atoms with E-state index in [1.807, 2.05) is 45.7 Å². The molecule has 4 aromatic rings. The Hall–Kier alpha value is -3.55. The number of rotatable bonds is 9. The number of tetrazole rings is 1. The average Bonchev–Trinajstić information content (AvgIpc) is 3.47. The Labute approximate surface area is 205 Å². The van der Waals surface area contributed by atoms with Crippen LogP contribution in [0.5, 0.6) is 0 Å². The molecule has 1 N–H and O–H groups in total. The summed E-state index contributed by atoms with van der Waals surface area (Å²) in [5.41, 5.74) is 4.98. The Morgan fingerprint density at radius 1 is 1.11 bits per heavy atom. The Morgan fingerprint density at radius 2 is 1.94 bits per heavy atom. The largest absolute Gasteiger partial charge is 0.328 e. The van der Waals surface area contributed by atoms with Crippen molar-refractivity contribution in [3.63, 3.8) is 0 Å². The van der Waals surface area contributed by atoms with Gasteiger partial charge >= 0.3 is 5.69 Å². The Bertz CT molecular complexity index is 1320. The second-order valence-corrected chi connectivity index (χ2v) is 9.89. The molecule has 1 aliphatic carbocycles. The molecule has 0 radical (unpaired) electrons. The molecule has 0 aliphatic heterocycles. The molecule has 0 amide bonds. The number of nitrogens with one attached hydrogen (secondary N) is 1. The van der Waals surface area contributed by atoms with E-state index < -0.39 is 0 Å². The molecule has 5 rings (SSSR count). The van der Waals surface area contributed by atoms with Crippen LogP contribution in [0, 0.1) is 11.8 Å². The van der Waals surface area contributed by atoms with E-state index in [0.717, 1.165) is 53.8 Å². The van der Waals surface area contributed by atoms with Gasteiger partial charge in [0.2, 0.25) is 0 Å². The molecule has 0 bridgehead atoms. The number of unbranched alkanes of at least 4 members (excludes halogenated alkanes) is 1. The molecule has 1 aromatic carbocycles. The van der Waals surface area contributed by atoms with Gasteiger partial charge in [-0.15, -0.1) is 5.10 Å². The molecule has 3 heterocycles. The fraction of sp³-hybridized carbons (Fsp3) is 0.444. The summed E-state index contributed by atoms with van der Waals surface area (Å²) in [5.74, 6) is 1.79. The summed E-state index contributed by atoms with van der Waals surface area (Å²) in [6.45, 7) is 7.20. The normalized spacial score (nSPS) is 17.6. The van der Waals surface area contributed by atoms with E-state index in [4.69, 9.17) is 4.98 Å². The second kappa shape index (κ2) is 9.98.